The van der Waals surface area contributed by atoms with Gasteiger partial charge < -0.3 is 15.7 Å². The Kier molecular flexibility index (Phi) is 5.02. The van der Waals surface area contributed by atoms with Crippen molar-refractivity contribution >= 4 is 18.3 Å². The van der Waals surface area contributed by atoms with Crippen LogP contribution in [0.4, 0.5) is 0 Å². The smallest absolute Gasteiger partial charge is 0.223 e. The van der Waals surface area contributed by atoms with Crippen LogP contribution < -0.4 is 10.6 Å². The molecule has 1 heterocycles. The highest BCUT2D eigenvalue weighted by Gasteiger charge is 2.33. The van der Waals surface area contributed by atoms with E-state index in [4.69, 9.17) is 0 Å². The number of carbonyl (C=O) groups excluding carboxylic acids is 1. The Morgan fingerprint density at radius 1 is 1.25 bits per heavy atom. The van der Waals surface area contributed by atoms with Gasteiger partial charge in [0.15, 0.2) is 0 Å². The number of hydrogen-bond acceptors (Lipinski definition) is 3. The Morgan fingerprint density at radius 2 is 1.95 bits per heavy atom. The van der Waals surface area contributed by atoms with Crippen LogP contribution in [0.1, 0.15) is 30.0 Å². The molecule has 110 valence electrons. The first-order valence-electron chi connectivity index (χ1n) is 7.02. The van der Waals surface area contributed by atoms with Gasteiger partial charge in [0.25, 0.3) is 0 Å². The minimum Gasteiger partial charge on any atom is -0.390 e. The minimum atomic E-state index is -0.497. The summed E-state index contributed by atoms with van der Waals surface area (Å²) in [7, 11) is 0. The average molecular weight is 297 g/mol. The maximum atomic E-state index is 12.3. The Labute approximate surface area is 125 Å². The van der Waals surface area contributed by atoms with Crippen molar-refractivity contribution in [1.29, 1.82) is 0 Å². The maximum Gasteiger partial charge on any atom is 0.223 e. The number of rotatable bonds is 2. The molecule has 1 aromatic carbocycles. The third-order valence-electron chi connectivity index (χ3n) is 4.21. The van der Waals surface area contributed by atoms with E-state index in [-0.39, 0.29) is 30.3 Å². The molecule has 20 heavy (non-hydrogen) atoms. The standard InChI is InChI=1S/C15H20N2O2.ClH/c18-13-9-11-3-1-2-4-12(11)14(13)17-15(19)10-5-7-16-8-6-10;/h1-4,10,13-14,16,18H,5-9H2,(H,17,19);1H/t13-,14+;/m1./s1. The lowest BCUT2D eigenvalue weighted by atomic mass is 9.96. The van der Waals surface area contributed by atoms with E-state index in [0.29, 0.717) is 6.42 Å². The van der Waals surface area contributed by atoms with Gasteiger partial charge in [0, 0.05) is 12.3 Å². The molecule has 0 unspecified atom stereocenters. The van der Waals surface area contributed by atoms with E-state index in [2.05, 4.69) is 10.6 Å². The average Bonchev–Trinajstić information content (AvgIpc) is 2.76. The summed E-state index contributed by atoms with van der Waals surface area (Å²) in [6.45, 7) is 1.81. The molecule has 1 amide bonds. The number of nitrogens with one attached hydrogen (secondary N) is 2. The molecule has 0 saturated carbocycles. The van der Waals surface area contributed by atoms with Gasteiger partial charge in [0.2, 0.25) is 5.91 Å². The monoisotopic (exact) mass is 296 g/mol. The largest absolute Gasteiger partial charge is 0.390 e. The van der Waals surface area contributed by atoms with Crippen LogP contribution in [0, 0.1) is 5.92 Å². The van der Waals surface area contributed by atoms with E-state index >= 15 is 0 Å². The van der Waals surface area contributed by atoms with Crippen LogP contribution in [-0.4, -0.2) is 30.2 Å². The molecular weight excluding hydrogens is 276 g/mol. The maximum absolute atomic E-state index is 12.3. The Balaban J connectivity index is 0.00000147. The number of benzene rings is 1. The molecule has 1 saturated heterocycles. The summed E-state index contributed by atoms with van der Waals surface area (Å²) in [6.07, 6.45) is 1.91. The van der Waals surface area contributed by atoms with E-state index in [0.717, 1.165) is 37.1 Å². The molecule has 5 heteroatoms. The molecule has 4 nitrogen and oxygen atoms in total. The zero-order valence-corrected chi connectivity index (χ0v) is 12.2. The molecule has 1 fully saturated rings. The summed E-state index contributed by atoms with van der Waals surface area (Å²) in [5.74, 6) is 0.170. The number of carbonyl (C=O) groups is 1. The van der Waals surface area contributed by atoms with Gasteiger partial charge in [-0.25, -0.2) is 0 Å². The summed E-state index contributed by atoms with van der Waals surface area (Å²) in [4.78, 5) is 12.3. The first kappa shape index (κ1) is 15.3. The third-order valence-corrected chi connectivity index (χ3v) is 4.21. The topological polar surface area (TPSA) is 61.4 Å². The highest BCUT2D eigenvalue weighted by atomic mass is 35.5. The van der Waals surface area contributed by atoms with E-state index in [9.17, 15) is 9.90 Å². The second-order valence-electron chi connectivity index (χ2n) is 5.48. The molecule has 0 bridgehead atoms. The molecule has 0 aromatic heterocycles. The summed E-state index contributed by atoms with van der Waals surface area (Å²) >= 11 is 0. The fourth-order valence-electron chi connectivity index (χ4n) is 3.10. The number of aliphatic hydroxyl groups excluding tert-OH is 1. The number of halogens is 1. The Hall–Kier alpha value is -1.10. The van der Waals surface area contributed by atoms with Gasteiger partial charge in [-0.15, -0.1) is 12.4 Å². The minimum absolute atomic E-state index is 0. The molecule has 2 atom stereocenters. The Morgan fingerprint density at radius 3 is 2.70 bits per heavy atom. The van der Waals surface area contributed by atoms with E-state index in [1.54, 1.807) is 0 Å². The summed E-state index contributed by atoms with van der Waals surface area (Å²) in [5.41, 5.74) is 2.21. The second-order valence-corrected chi connectivity index (χ2v) is 5.48. The fraction of sp³-hybridized carbons (Fsp3) is 0.533. The van der Waals surface area contributed by atoms with Gasteiger partial charge >= 0.3 is 0 Å². The Bertz CT molecular complexity index is 475. The highest BCUT2D eigenvalue weighted by molar-refractivity contribution is 5.85. The molecule has 2 aliphatic rings. The van der Waals surface area contributed by atoms with Crippen LogP contribution in [0.15, 0.2) is 24.3 Å². The quantitative estimate of drug-likeness (QED) is 0.768. The first-order valence-corrected chi connectivity index (χ1v) is 7.02. The van der Waals surface area contributed by atoms with Crippen molar-refractivity contribution in [2.75, 3.05) is 13.1 Å². The number of aliphatic hydroxyl groups is 1. The van der Waals surface area contributed by atoms with Crippen molar-refractivity contribution in [2.24, 2.45) is 5.92 Å². The van der Waals surface area contributed by atoms with Crippen molar-refractivity contribution < 1.29 is 9.90 Å². The van der Waals surface area contributed by atoms with Crippen molar-refractivity contribution in [1.82, 2.24) is 10.6 Å². The molecule has 3 rings (SSSR count). The molecule has 0 spiro atoms. The summed E-state index contributed by atoms with van der Waals surface area (Å²) in [6, 6.07) is 7.72. The van der Waals surface area contributed by atoms with Gasteiger partial charge in [-0.2, -0.15) is 0 Å². The van der Waals surface area contributed by atoms with Crippen molar-refractivity contribution in [3.8, 4) is 0 Å². The SMILES string of the molecule is Cl.O=C(N[C@H]1c2ccccc2C[C@H]1O)C1CCNCC1. The molecule has 0 radical (unpaired) electrons. The molecular formula is C15H21ClN2O2. The van der Waals surface area contributed by atoms with E-state index in [1.165, 1.54) is 0 Å². The van der Waals surface area contributed by atoms with Gasteiger partial charge in [-0.05, 0) is 37.1 Å². The molecule has 3 N–H and O–H groups in total. The number of fused-ring (bicyclic) bond motifs is 1. The van der Waals surface area contributed by atoms with Crippen LogP contribution in [0.5, 0.6) is 0 Å². The van der Waals surface area contributed by atoms with Crippen molar-refractivity contribution in [3.05, 3.63) is 35.4 Å². The molecule has 1 aliphatic heterocycles. The van der Waals surface area contributed by atoms with Crippen LogP contribution >= 0.6 is 12.4 Å². The van der Waals surface area contributed by atoms with Gasteiger partial charge in [-0.1, -0.05) is 24.3 Å². The highest BCUT2D eigenvalue weighted by Crippen LogP contribution is 2.31. The number of amides is 1. The first-order chi connectivity index (χ1) is 9.25. The van der Waals surface area contributed by atoms with Crippen LogP contribution in [0.2, 0.25) is 0 Å². The van der Waals surface area contributed by atoms with Crippen LogP contribution in [0.3, 0.4) is 0 Å². The van der Waals surface area contributed by atoms with Gasteiger partial charge in [0.05, 0.1) is 12.1 Å². The molecule has 1 aromatic rings. The number of piperidine rings is 1. The van der Waals surface area contributed by atoms with Gasteiger partial charge in [0.1, 0.15) is 0 Å². The second kappa shape index (κ2) is 6.57. The lowest BCUT2D eigenvalue weighted by Gasteiger charge is -2.25. The van der Waals surface area contributed by atoms with Crippen molar-refractivity contribution in [3.63, 3.8) is 0 Å². The predicted octanol–water partition coefficient (Wildman–Crippen LogP) is 1.18. The number of hydrogen-bond donors (Lipinski definition) is 3. The fourth-order valence-corrected chi connectivity index (χ4v) is 3.10. The third kappa shape index (κ3) is 2.97. The van der Waals surface area contributed by atoms with Crippen molar-refractivity contribution in [2.45, 2.75) is 31.4 Å². The van der Waals surface area contributed by atoms with Gasteiger partial charge in [-0.3, -0.25) is 4.79 Å². The summed E-state index contributed by atoms with van der Waals surface area (Å²) < 4.78 is 0. The van der Waals surface area contributed by atoms with E-state index < -0.39 is 6.10 Å². The zero-order chi connectivity index (χ0) is 13.2. The normalized spacial score (nSPS) is 25.6. The summed E-state index contributed by atoms with van der Waals surface area (Å²) in [5, 5.41) is 16.4. The van der Waals surface area contributed by atoms with Crippen LogP contribution in [-0.2, 0) is 11.2 Å². The van der Waals surface area contributed by atoms with E-state index in [1.807, 2.05) is 24.3 Å². The predicted molar refractivity (Wildman–Crippen MR) is 79.9 cm³/mol. The lowest BCUT2D eigenvalue weighted by Crippen LogP contribution is -2.41. The molecule has 1 aliphatic carbocycles. The lowest BCUT2D eigenvalue weighted by molar-refractivity contribution is -0.127. The van der Waals surface area contributed by atoms with Crippen LogP contribution in [0.25, 0.3) is 0 Å². The zero-order valence-electron chi connectivity index (χ0n) is 11.3.